The summed E-state index contributed by atoms with van der Waals surface area (Å²) < 4.78 is 0. The van der Waals surface area contributed by atoms with E-state index < -0.39 is 0 Å². The first-order valence-electron chi connectivity index (χ1n) is 8.85. The van der Waals surface area contributed by atoms with Crippen molar-refractivity contribution in [1.82, 2.24) is 9.97 Å². The lowest BCUT2D eigenvalue weighted by Crippen LogP contribution is -2.09. The van der Waals surface area contributed by atoms with Crippen LogP contribution in [0.1, 0.15) is 31.8 Å². The summed E-state index contributed by atoms with van der Waals surface area (Å²) in [6.07, 6.45) is 3.20. The number of aromatic nitrogens is 2. The molecular formula is C24H16N2O2. The number of carbonyl (C=O) groups excluding carboxylic acids is 2. The van der Waals surface area contributed by atoms with Crippen molar-refractivity contribution in [3.63, 3.8) is 0 Å². The van der Waals surface area contributed by atoms with Crippen LogP contribution in [0.5, 0.6) is 0 Å². The van der Waals surface area contributed by atoms with Gasteiger partial charge in [-0.05, 0) is 24.3 Å². The summed E-state index contributed by atoms with van der Waals surface area (Å²) in [7, 11) is 0. The topological polar surface area (TPSA) is 59.9 Å². The predicted octanol–water partition coefficient (Wildman–Crippen LogP) is 4.61. The molecule has 2 aromatic carbocycles. The molecule has 0 fully saturated rings. The van der Waals surface area contributed by atoms with Gasteiger partial charge in [0, 0.05) is 23.5 Å². The number of ketones is 2. The van der Waals surface area contributed by atoms with Gasteiger partial charge in [0.25, 0.3) is 0 Å². The Kier molecular flexibility index (Phi) is 4.85. The van der Waals surface area contributed by atoms with Gasteiger partial charge in [0.2, 0.25) is 0 Å². The van der Waals surface area contributed by atoms with Crippen LogP contribution in [-0.2, 0) is 0 Å². The van der Waals surface area contributed by atoms with Crippen molar-refractivity contribution < 1.29 is 9.59 Å². The highest BCUT2D eigenvalue weighted by Gasteiger charge is 2.21. The second-order valence-electron chi connectivity index (χ2n) is 6.19. The maximum atomic E-state index is 13.0. The van der Waals surface area contributed by atoms with Gasteiger partial charge in [0.05, 0.1) is 11.1 Å². The molecule has 0 radical (unpaired) electrons. The van der Waals surface area contributed by atoms with Gasteiger partial charge in [-0.15, -0.1) is 0 Å². The second-order valence-corrected chi connectivity index (χ2v) is 6.19. The van der Waals surface area contributed by atoms with Gasteiger partial charge in [0.15, 0.2) is 11.6 Å². The zero-order valence-electron chi connectivity index (χ0n) is 14.9. The highest BCUT2D eigenvalue weighted by atomic mass is 16.1. The Morgan fingerprint density at radius 1 is 0.500 bits per heavy atom. The number of hydrogen-bond acceptors (Lipinski definition) is 4. The van der Waals surface area contributed by atoms with Crippen molar-refractivity contribution in [3.05, 3.63) is 120 Å². The summed E-state index contributed by atoms with van der Waals surface area (Å²) in [5.41, 5.74) is 2.74. The smallest absolute Gasteiger partial charge is 0.195 e. The Bertz CT molecular complexity index is 1050. The lowest BCUT2D eigenvalue weighted by molar-refractivity contribution is 0.102. The minimum absolute atomic E-state index is 0.160. The molecule has 0 amide bonds. The third-order valence-corrected chi connectivity index (χ3v) is 4.40. The fourth-order valence-corrected chi connectivity index (χ4v) is 3.04. The van der Waals surface area contributed by atoms with Gasteiger partial charge < -0.3 is 0 Å². The third-order valence-electron chi connectivity index (χ3n) is 4.40. The standard InChI is InChI=1S/C24H16N2O2/c27-23(17-9-3-1-4-10-17)19-13-7-15-25-21(19)22-20(14-8-16-26-22)24(28)18-11-5-2-6-12-18/h1-16H. The van der Waals surface area contributed by atoms with E-state index in [4.69, 9.17) is 0 Å². The molecule has 4 nitrogen and oxygen atoms in total. The number of hydrogen-bond donors (Lipinski definition) is 0. The van der Waals surface area contributed by atoms with Crippen molar-refractivity contribution >= 4 is 11.6 Å². The maximum Gasteiger partial charge on any atom is 0.195 e. The van der Waals surface area contributed by atoms with Crippen LogP contribution in [0.2, 0.25) is 0 Å². The predicted molar refractivity (Wildman–Crippen MR) is 107 cm³/mol. The van der Waals surface area contributed by atoms with Crippen LogP contribution in [0, 0.1) is 0 Å². The molecular weight excluding hydrogens is 348 g/mol. The van der Waals surface area contributed by atoms with Crippen LogP contribution in [0.4, 0.5) is 0 Å². The largest absolute Gasteiger partial charge is 0.289 e. The molecule has 0 aliphatic heterocycles. The number of carbonyl (C=O) groups is 2. The van der Waals surface area contributed by atoms with Gasteiger partial charge in [-0.2, -0.15) is 0 Å². The van der Waals surface area contributed by atoms with Crippen molar-refractivity contribution in [1.29, 1.82) is 0 Å². The number of nitrogens with zero attached hydrogens (tertiary/aromatic N) is 2. The van der Waals surface area contributed by atoms with E-state index in [1.54, 1.807) is 60.9 Å². The average molecular weight is 364 g/mol. The zero-order chi connectivity index (χ0) is 19.3. The summed E-state index contributed by atoms with van der Waals surface area (Å²) >= 11 is 0. The van der Waals surface area contributed by atoms with Gasteiger partial charge in [-0.3, -0.25) is 19.6 Å². The van der Waals surface area contributed by atoms with Crippen LogP contribution in [0.25, 0.3) is 11.4 Å². The molecule has 0 N–H and O–H groups in total. The first-order valence-corrected chi connectivity index (χ1v) is 8.85. The molecule has 4 aromatic rings. The molecule has 0 saturated carbocycles. The van der Waals surface area contributed by atoms with Gasteiger partial charge in [0.1, 0.15) is 11.4 Å². The molecule has 134 valence electrons. The molecule has 0 aliphatic carbocycles. The minimum atomic E-state index is -0.160. The fraction of sp³-hybridized carbons (Fsp3) is 0. The SMILES string of the molecule is O=C(c1ccccc1)c1cccnc1-c1ncccc1C(=O)c1ccccc1. The van der Waals surface area contributed by atoms with E-state index in [0.717, 1.165) is 0 Å². The quantitative estimate of drug-likeness (QED) is 0.485. The van der Waals surface area contributed by atoms with Crippen LogP contribution in [0.3, 0.4) is 0 Å². The average Bonchev–Trinajstić information content (AvgIpc) is 2.79. The van der Waals surface area contributed by atoms with Crippen molar-refractivity contribution in [3.8, 4) is 11.4 Å². The van der Waals surface area contributed by atoms with Crippen LogP contribution in [-0.4, -0.2) is 21.5 Å². The first-order chi connectivity index (χ1) is 13.8. The van der Waals surface area contributed by atoms with Crippen LogP contribution in [0.15, 0.2) is 97.3 Å². The summed E-state index contributed by atoms with van der Waals surface area (Å²) in [5, 5.41) is 0. The van der Waals surface area contributed by atoms with Crippen LogP contribution < -0.4 is 0 Å². The number of pyridine rings is 2. The van der Waals surface area contributed by atoms with E-state index in [-0.39, 0.29) is 11.6 Å². The molecule has 4 rings (SSSR count). The highest BCUT2D eigenvalue weighted by molar-refractivity contribution is 6.15. The first kappa shape index (κ1) is 17.5. The van der Waals surface area contributed by atoms with Gasteiger partial charge >= 0.3 is 0 Å². The molecule has 0 bridgehead atoms. The van der Waals surface area contributed by atoms with E-state index >= 15 is 0 Å². The van der Waals surface area contributed by atoms with Gasteiger partial charge in [-0.25, -0.2) is 0 Å². The fourth-order valence-electron chi connectivity index (χ4n) is 3.04. The summed E-state index contributed by atoms with van der Waals surface area (Å²) in [4.78, 5) is 34.9. The van der Waals surface area contributed by atoms with Crippen molar-refractivity contribution in [2.45, 2.75) is 0 Å². The lowest BCUT2D eigenvalue weighted by atomic mass is 9.95. The highest BCUT2D eigenvalue weighted by Crippen LogP contribution is 2.26. The molecule has 2 heterocycles. The van der Waals surface area contributed by atoms with E-state index in [0.29, 0.717) is 33.6 Å². The third kappa shape index (κ3) is 3.35. The summed E-state index contributed by atoms with van der Waals surface area (Å²) in [5.74, 6) is -0.320. The molecule has 2 aromatic heterocycles. The van der Waals surface area contributed by atoms with Crippen molar-refractivity contribution in [2.75, 3.05) is 0 Å². The molecule has 0 unspecified atom stereocenters. The summed E-state index contributed by atoms with van der Waals surface area (Å²) in [6.45, 7) is 0. The van der Waals surface area contributed by atoms with Gasteiger partial charge in [-0.1, -0.05) is 60.7 Å². The van der Waals surface area contributed by atoms with E-state index in [1.807, 2.05) is 36.4 Å². The Hall–Kier alpha value is -3.92. The Morgan fingerprint density at radius 3 is 1.29 bits per heavy atom. The Labute approximate surface area is 162 Å². The Balaban J connectivity index is 1.84. The van der Waals surface area contributed by atoms with E-state index in [2.05, 4.69) is 9.97 Å². The zero-order valence-corrected chi connectivity index (χ0v) is 14.9. The number of benzene rings is 2. The van der Waals surface area contributed by atoms with E-state index in [1.165, 1.54) is 0 Å². The molecule has 0 aliphatic rings. The summed E-state index contributed by atoms with van der Waals surface area (Å²) in [6, 6.07) is 24.8. The lowest BCUT2D eigenvalue weighted by Gasteiger charge is -2.11. The molecule has 28 heavy (non-hydrogen) atoms. The number of rotatable bonds is 5. The molecule has 4 heteroatoms. The molecule has 0 saturated heterocycles. The minimum Gasteiger partial charge on any atom is -0.289 e. The van der Waals surface area contributed by atoms with Crippen LogP contribution >= 0.6 is 0 Å². The Morgan fingerprint density at radius 2 is 0.893 bits per heavy atom. The molecule has 0 spiro atoms. The monoisotopic (exact) mass is 364 g/mol. The van der Waals surface area contributed by atoms with E-state index in [9.17, 15) is 9.59 Å². The maximum absolute atomic E-state index is 13.0. The second kappa shape index (κ2) is 7.76. The molecule has 0 atom stereocenters. The normalized spacial score (nSPS) is 10.4. The van der Waals surface area contributed by atoms with Crippen molar-refractivity contribution in [2.24, 2.45) is 0 Å².